The average Bonchev–Trinajstić information content (AvgIpc) is 3.27. The van der Waals surface area contributed by atoms with Crippen molar-refractivity contribution in [3.8, 4) is 0 Å². The first kappa shape index (κ1) is 43.1. The number of para-hydroxylation sites is 2. The zero-order valence-electron chi connectivity index (χ0n) is 28.1. The number of esters is 1. The molecular weight excluding hydrogens is 652 g/mol. The Morgan fingerprint density at radius 2 is 1.72 bits per heavy atom. The minimum atomic E-state index is -1.14. The molecule has 2 aromatic carbocycles. The zero-order valence-corrected chi connectivity index (χ0v) is 31.6. The summed E-state index contributed by atoms with van der Waals surface area (Å²) in [7, 11) is 1.40. The number of aliphatic carboxylic acids is 1. The number of nitrogens with one attached hydrogen (secondary N) is 1. The van der Waals surface area contributed by atoms with Gasteiger partial charge < -0.3 is 30.2 Å². The maximum Gasteiger partial charge on any atom is 1.00 e. The molecule has 1 aliphatic rings. The summed E-state index contributed by atoms with van der Waals surface area (Å²) < 4.78 is 4.62. The van der Waals surface area contributed by atoms with Crippen LogP contribution < -0.4 is 40.0 Å². The molecule has 4 atom stereocenters. The maximum absolute atomic E-state index is 12.2. The Morgan fingerprint density at radius 1 is 1.06 bits per heavy atom. The van der Waals surface area contributed by atoms with Gasteiger partial charge in [0.15, 0.2) is 0 Å². The van der Waals surface area contributed by atoms with Gasteiger partial charge >= 0.3 is 35.5 Å². The van der Waals surface area contributed by atoms with E-state index in [9.17, 15) is 29.7 Å². The number of hydrogen-bond donors (Lipinski definition) is 3. The Hall–Kier alpha value is -1.91. The fourth-order valence-electron chi connectivity index (χ4n) is 5.52. The van der Waals surface area contributed by atoms with Crippen LogP contribution in [0, 0.1) is 11.8 Å². The molecule has 11 heteroatoms. The Labute approximate surface area is 311 Å². The minimum Gasteiger partial charge on any atom is -0.550 e. The SMILES string of the molecule is CCCCC(C)(O)CC=C[C@@H]1[C@H](O)CC(=O)[C@@H]1CCCCCCC(=O)OC.O=C([O-])Cc1ccccc1Nc1c(Cl)cccc1Cl.[Na+]. The molecule has 0 bridgehead atoms. The molecule has 0 amide bonds. The van der Waals surface area contributed by atoms with Crippen molar-refractivity contribution < 1.29 is 64.0 Å². The standard InChI is InChI=1S/C22H38O5.C14H11Cl2NO2.Na/c1-4-5-14-22(2,26)15-10-12-18-17(19(23)16-20(18)24)11-8-6-7-9-13-21(25)27-3;15-10-5-3-6-11(16)14(10)17-12-7-2-1-4-9(12)8-13(18)19;/h10,12,17-18,20,24,26H,4-9,11,13-16H2,1-3H3;1-7,17H,8H2,(H,18,19);/q;;+1/p-1/t17-,18+,20-,22?;;/m1../s1. The van der Waals surface area contributed by atoms with Crippen molar-refractivity contribution in [3.63, 3.8) is 0 Å². The number of carbonyl (C=O) groups is 3. The van der Waals surface area contributed by atoms with Gasteiger partial charge in [0.1, 0.15) is 5.78 Å². The van der Waals surface area contributed by atoms with Gasteiger partial charge in [-0.3, -0.25) is 9.59 Å². The number of unbranched alkanes of at least 4 members (excludes halogenated alkanes) is 4. The van der Waals surface area contributed by atoms with E-state index in [4.69, 9.17) is 23.2 Å². The third-order valence-electron chi connectivity index (χ3n) is 8.17. The summed E-state index contributed by atoms with van der Waals surface area (Å²) in [6.45, 7) is 3.95. The molecule has 3 N–H and O–H groups in total. The molecule has 2 aromatic rings. The largest absolute Gasteiger partial charge is 1.00 e. The topological polar surface area (TPSA) is 136 Å². The quantitative estimate of drug-likeness (QED) is 0.0977. The first-order chi connectivity index (χ1) is 21.9. The second kappa shape index (κ2) is 22.7. The summed E-state index contributed by atoms with van der Waals surface area (Å²) in [4.78, 5) is 34.0. The van der Waals surface area contributed by atoms with E-state index in [1.807, 2.05) is 19.1 Å². The number of aliphatic hydroxyl groups is 2. The number of aliphatic hydroxyl groups excluding tert-OH is 1. The normalized spacial score (nSPS) is 18.5. The van der Waals surface area contributed by atoms with E-state index >= 15 is 0 Å². The number of carboxylic acids is 1. The van der Waals surface area contributed by atoms with Crippen molar-refractivity contribution in [2.24, 2.45) is 11.8 Å². The number of ether oxygens (including phenoxy) is 1. The molecule has 0 saturated heterocycles. The van der Waals surface area contributed by atoms with Gasteiger partial charge in [-0.1, -0.05) is 98.6 Å². The van der Waals surface area contributed by atoms with Gasteiger partial charge in [-0.25, -0.2) is 0 Å². The Morgan fingerprint density at radius 3 is 2.36 bits per heavy atom. The van der Waals surface area contributed by atoms with Crippen molar-refractivity contribution in [1.82, 2.24) is 0 Å². The summed E-state index contributed by atoms with van der Waals surface area (Å²) in [5, 5.41) is 35.3. The number of halogens is 2. The van der Waals surface area contributed by atoms with E-state index in [1.165, 1.54) is 7.11 Å². The van der Waals surface area contributed by atoms with E-state index in [-0.39, 0.29) is 66.0 Å². The second-order valence-corrected chi connectivity index (χ2v) is 12.9. The Bertz CT molecular complexity index is 1280. The first-order valence-corrected chi connectivity index (χ1v) is 16.8. The molecule has 1 fully saturated rings. The van der Waals surface area contributed by atoms with E-state index in [0.29, 0.717) is 39.8 Å². The molecule has 1 saturated carbocycles. The summed E-state index contributed by atoms with van der Waals surface area (Å²) >= 11 is 12.1. The number of hydrogen-bond acceptors (Lipinski definition) is 8. The molecular formula is C36H48Cl2NNaO7. The molecule has 3 rings (SSSR count). The van der Waals surface area contributed by atoms with Gasteiger partial charge in [-0.05, 0) is 56.4 Å². The molecule has 0 radical (unpaired) electrons. The second-order valence-electron chi connectivity index (χ2n) is 12.1. The molecule has 47 heavy (non-hydrogen) atoms. The van der Waals surface area contributed by atoms with Crippen LogP contribution >= 0.6 is 23.2 Å². The molecule has 0 heterocycles. The number of methoxy groups -OCH3 is 1. The maximum atomic E-state index is 12.2. The number of benzene rings is 2. The van der Waals surface area contributed by atoms with E-state index in [0.717, 1.165) is 51.4 Å². The van der Waals surface area contributed by atoms with Crippen molar-refractivity contribution in [3.05, 3.63) is 70.2 Å². The fraction of sp³-hybridized carbons (Fsp3) is 0.528. The van der Waals surface area contributed by atoms with Crippen LogP contribution in [0.5, 0.6) is 0 Å². The van der Waals surface area contributed by atoms with Crippen LogP contribution in [0.1, 0.15) is 90.0 Å². The number of anilines is 2. The van der Waals surface area contributed by atoms with Gasteiger partial charge in [-0.15, -0.1) is 0 Å². The van der Waals surface area contributed by atoms with Crippen LogP contribution in [0.25, 0.3) is 0 Å². The van der Waals surface area contributed by atoms with Crippen LogP contribution in [0.3, 0.4) is 0 Å². The Balaban J connectivity index is 0.000000485. The molecule has 1 aliphatic carbocycles. The zero-order chi connectivity index (χ0) is 34.1. The molecule has 0 aliphatic heterocycles. The van der Waals surface area contributed by atoms with Crippen molar-refractivity contribution in [2.75, 3.05) is 12.4 Å². The number of carbonyl (C=O) groups excluding carboxylic acids is 3. The summed E-state index contributed by atoms with van der Waals surface area (Å²) in [6.07, 6.45) is 11.5. The number of rotatable bonds is 17. The van der Waals surface area contributed by atoms with Crippen LogP contribution in [-0.4, -0.2) is 46.7 Å². The predicted octanol–water partition coefficient (Wildman–Crippen LogP) is 3.99. The van der Waals surface area contributed by atoms with Crippen molar-refractivity contribution in [1.29, 1.82) is 0 Å². The third-order valence-corrected chi connectivity index (χ3v) is 8.80. The van der Waals surface area contributed by atoms with E-state index in [2.05, 4.69) is 17.0 Å². The van der Waals surface area contributed by atoms with Crippen LogP contribution in [0.15, 0.2) is 54.6 Å². The molecule has 254 valence electrons. The molecule has 0 aromatic heterocycles. The number of Topliss-reactive ketones (excluding diaryl/α,β-unsaturated/α-hetero) is 1. The fourth-order valence-corrected chi connectivity index (χ4v) is 6.02. The molecule has 0 spiro atoms. The van der Waals surface area contributed by atoms with Gasteiger partial charge in [0, 0.05) is 42.8 Å². The summed E-state index contributed by atoms with van der Waals surface area (Å²) in [5.41, 5.74) is 1.08. The van der Waals surface area contributed by atoms with Gasteiger partial charge in [-0.2, -0.15) is 0 Å². The summed E-state index contributed by atoms with van der Waals surface area (Å²) in [5.74, 6) is -1.44. The molecule has 1 unspecified atom stereocenters. The van der Waals surface area contributed by atoms with Crippen LogP contribution in [0.4, 0.5) is 11.4 Å². The predicted molar refractivity (Wildman–Crippen MR) is 181 cm³/mol. The summed E-state index contributed by atoms with van der Waals surface area (Å²) in [6, 6.07) is 12.2. The average molecular weight is 701 g/mol. The third kappa shape index (κ3) is 15.9. The minimum absolute atomic E-state index is 0. The number of carboxylic acid groups (broad SMARTS) is 1. The van der Waals surface area contributed by atoms with E-state index < -0.39 is 17.7 Å². The monoisotopic (exact) mass is 699 g/mol. The van der Waals surface area contributed by atoms with Crippen LogP contribution in [0.2, 0.25) is 10.0 Å². The molecule has 8 nitrogen and oxygen atoms in total. The Kier molecular flexibility index (Phi) is 20.8. The van der Waals surface area contributed by atoms with Crippen molar-refractivity contribution >= 4 is 52.3 Å². The van der Waals surface area contributed by atoms with Gasteiger partial charge in [0.2, 0.25) is 0 Å². The number of ketones is 1. The van der Waals surface area contributed by atoms with Crippen LogP contribution in [-0.2, 0) is 25.5 Å². The smallest absolute Gasteiger partial charge is 0.550 e. The van der Waals surface area contributed by atoms with E-state index in [1.54, 1.807) is 42.5 Å². The van der Waals surface area contributed by atoms with Gasteiger partial charge in [0.05, 0.1) is 34.5 Å². The van der Waals surface area contributed by atoms with Gasteiger partial charge in [0.25, 0.3) is 0 Å². The first-order valence-electron chi connectivity index (χ1n) is 16.0. The van der Waals surface area contributed by atoms with Crippen molar-refractivity contribution in [2.45, 2.75) is 103 Å².